The summed E-state index contributed by atoms with van der Waals surface area (Å²) in [6, 6.07) is 5.80. The van der Waals surface area contributed by atoms with Crippen LogP contribution in [0.15, 0.2) is 23.1 Å². The fourth-order valence-corrected chi connectivity index (χ4v) is 5.73. The first kappa shape index (κ1) is 21.4. The van der Waals surface area contributed by atoms with E-state index in [9.17, 15) is 9.59 Å². The van der Waals surface area contributed by atoms with Gasteiger partial charge >= 0.3 is 5.97 Å². The molecule has 1 fully saturated rings. The Bertz CT molecular complexity index is 965. The molecule has 1 aromatic heterocycles. The van der Waals surface area contributed by atoms with Crippen LogP contribution in [0.5, 0.6) is 0 Å². The number of esters is 1. The Kier molecular flexibility index (Phi) is 6.84. The molecule has 0 radical (unpaired) electrons. The average molecular weight is 447 g/mol. The Hall–Kier alpha value is -1.79. The monoisotopic (exact) mass is 446 g/mol. The second-order valence-corrected chi connectivity index (χ2v) is 9.38. The van der Waals surface area contributed by atoms with Crippen LogP contribution in [-0.4, -0.2) is 47.2 Å². The summed E-state index contributed by atoms with van der Waals surface area (Å²) in [7, 11) is 0. The predicted octanol–water partition coefficient (Wildman–Crippen LogP) is 4.66. The summed E-state index contributed by atoms with van der Waals surface area (Å²) in [5.41, 5.74) is 3.37. The van der Waals surface area contributed by atoms with Crippen molar-refractivity contribution in [2.45, 2.75) is 50.3 Å². The minimum absolute atomic E-state index is 0.0746. The molecule has 1 atom stereocenters. The van der Waals surface area contributed by atoms with Gasteiger partial charge in [-0.3, -0.25) is 14.6 Å². The first-order valence-corrected chi connectivity index (χ1v) is 12.1. The Morgan fingerprint density at radius 1 is 1.27 bits per heavy atom. The van der Waals surface area contributed by atoms with Gasteiger partial charge in [0.05, 0.1) is 23.8 Å². The quantitative estimate of drug-likeness (QED) is 0.493. The molecular weight excluding hydrogens is 420 g/mol. The van der Waals surface area contributed by atoms with Gasteiger partial charge < -0.3 is 9.64 Å². The smallest absolute Gasteiger partial charge is 0.310 e. The number of aryl methyl sites for hydroxylation is 1. The normalized spacial score (nSPS) is 18.9. The number of ether oxygens (including phenoxy) is 1. The summed E-state index contributed by atoms with van der Waals surface area (Å²) < 4.78 is 5.16. The van der Waals surface area contributed by atoms with Crippen molar-refractivity contribution in [2.24, 2.45) is 5.92 Å². The Balaban J connectivity index is 1.52. The molecular formula is C23H27ClN2O3S. The summed E-state index contributed by atoms with van der Waals surface area (Å²) in [6.07, 6.45) is 5.92. The molecule has 5 nitrogen and oxygen atoms in total. The lowest BCUT2D eigenvalue weighted by atomic mass is 9.94. The van der Waals surface area contributed by atoms with E-state index >= 15 is 0 Å². The third-order valence-corrected chi connectivity index (χ3v) is 7.29. The molecule has 0 spiro atoms. The van der Waals surface area contributed by atoms with E-state index in [1.807, 2.05) is 30.0 Å². The van der Waals surface area contributed by atoms with E-state index in [4.69, 9.17) is 21.3 Å². The molecule has 1 saturated heterocycles. The minimum atomic E-state index is -0.207. The molecule has 7 heteroatoms. The van der Waals surface area contributed by atoms with E-state index in [1.165, 1.54) is 5.56 Å². The van der Waals surface area contributed by atoms with Crippen molar-refractivity contribution in [3.63, 3.8) is 0 Å². The van der Waals surface area contributed by atoms with E-state index < -0.39 is 0 Å². The highest BCUT2D eigenvalue weighted by Gasteiger charge is 2.29. The Morgan fingerprint density at radius 3 is 2.93 bits per heavy atom. The van der Waals surface area contributed by atoms with Gasteiger partial charge in [0.2, 0.25) is 5.91 Å². The topological polar surface area (TPSA) is 59.5 Å². The third-order valence-electron chi connectivity index (χ3n) is 5.91. The molecule has 1 aliphatic carbocycles. The van der Waals surface area contributed by atoms with Gasteiger partial charge in [-0.2, -0.15) is 0 Å². The van der Waals surface area contributed by atoms with E-state index in [2.05, 4.69) is 0 Å². The van der Waals surface area contributed by atoms with Gasteiger partial charge in [-0.25, -0.2) is 0 Å². The number of pyridine rings is 1. The minimum Gasteiger partial charge on any atom is -0.466 e. The van der Waals surface area contributed by atoms with Gasteiger partial charge in [0.15, 0.2) is 0 Å². The number of carbonyl (C=O) groups excluding carboxylic acids is 2. The number of nitrogens with zero attached hydrogens (tertiary/aromatic N) is 2. The van der Waals surface area contributed by atoms with Gasteiger partial charge in [0.25, 0.3) is 0 Å². The van der Waals surface area contributed by atoms with E-state index in [0.29, 0.717) is 30.5 Å². The number of hydrogen-bond acceptors (Lipinski definition) is 5. The van der Waals surface area contributed by atoms with Crippen LogP contribution in [0.2, 0.25) is 5.02 Å². The highest BCUT2D eigenvalue weighted by molar-refractivity contribution is 8.00. The van der Waals surface area contributed by atoms with Gasteiger partial charge in [0, 0.05) is 34.1 Å². The highest BCUT2D eigenvalue weighted by Crippen LogP contribution is 2.37. The zero-order valence-electron chi connectivity index (χ0n) is 17.3. The van der Waals surface area contributed by atoms with Crippen LogP contribution in [0.1, 0.15) is 43.9 Å². The van der Waals surface area contributed by atoms with Gasteiger partial charge in [-0.05, 0) is 69.2 Å². The number of amides is 1. The molecule has 30 heavy (non-hydrogen) atoms. The summed E-state index contributed by atoms with van der Waals surface area (Å²) in [5, 5.41) is 1.71. The van der Waals surface area contributed by atoms with Crippen molar-refractivity contribution in [2.75, 3.05) is 25.4 Å². The molecule has 160 valence electrons. The lowest BCUT2D eigenvalue weighted by Gasteiger charge is -2.31. The maximum Gasteiger partial charge on any atom is 0.310 e. The molecule has 2 aromatic rings. The molecule has 1 amide bonds. The second kappa shape index (κ2) is 9.56. The van der Waals surface area contributed by atoms with Crippen LogP contribution in [0.25, 0.3) is 10.9 Å². The summed E-state index contributed by atoms with van der Waals surface area (Å²) in [5.74, 6) is 0.0335. The van der Waals surface area contributed by atoms with E-state index in [0.717, 1.165) is 60.0 Å². The number of rotatable bonds is 5. The van der Waals surface area contributed by atoms with E-state index in [1.54, 1.807) is 11.8 Å². The number of benzene rings is 1. The number of aromatic nitrogens is 1. The maximum absolute atomic E-state index is 13.0. The fourth-order valence-electron chi connectivity index (χ4n) is 4.40. The first-order valence-electron chi connectivity index (χ1n) is 10.7. The molecule has 2 heterocycles. The van der Waals surface area contributed by atoms with Crippen molar-refractivity contribution in [1.29, 1.82) is 0 Å². The zero-order valence-corrected chi connectivity index (χ0v) is 18.9. The van der Waals surface area contributed by atoms with Crippen LogP contribution in [0, 0.1) is 5.92 Å². The molecule has 2 aliphatic rings. The van der Waals surface area contributed by atoms with Gasteiger partial charge in [-0.1, -0.05) is 11.6 Å². The number of likely N-dealkylation sites (tertiary alicyclic amines) is 1. The third kappa shape index (κ3) is 4.59. The highest BCUT2D eigenvalue weighted by atomic mass is 35.5. The molecule has 1 aromatic carbocycles. The van der Waals surface area contributed by atoms with Crippen molar-refractivity contribution in [3.8, 4) is 0 Å². The van der Waals surface area contributed by atoms with Crippen LogP contribution in [0.4, 0.5) is 0 Å². The lowest BCUT2D eigenvalue weighted by Crippen LogP contribution is -2.43. The number of thioether (sulfide) groups is 1. The van der Waals surface area contributed by atoms with Crippen LogP contribution >= 0.6 is 23.4 Å². The van der Waals surface area contributed by atoms with Gasteiger partial charge in [0.1, 0.15) is 0 Å². The Morgan fingerprint density at radius 2 is 2.10 bits per heavy atom. The molecule has 0 saturated carbocycles. The number of halogens is 1. The van der Waals surface area contributed by atoms with Crippen molar-refractivity contribution in [1.82, 2.24) is 9.88 Å². The number of carbonyl (C=O) groups is 2. The summed E-state index contributed by atoms with van der Waals surface area (Å²) in [4.78, 5) is 32.9. The number of piperidine rings is 1. The van der Waals surface area contributed by atoms with Crippen LogP contribution in [-0.2, 0) is 27.2 Å². The molecule has 1 unspecified atom stereocenters. The van der Waals surface area contributed by atoms with Crippen molar-refractivity contribution >= 4 is 46.1 Å². The maximum atomic E-state index is 13.0. The molecule has 4 rings (SSSR count). The average Bonchev–Trinajstić information content (AvgIpc) is 2.77. The molecule has 1 aliphatic heterocycles. The lowest BCUT2D eigenvalue weighted by molar-refractivity contribution is -0.151. The molecule has 0 N–H and O–H groups in total. The van der Waals surface area contributed by atoms with Gasteiger partial charge in [-0.15, -0.1) is 11.8 Å². The van der Waals surface area contributed by atoms with Crippen LogP contribution < -0.4 is 0 Å². The van der Waals surface area contributed by atoms with Crippen molar-refractivity contribution in [3.05, 3.63) is 34.5 Å². The van der Waals surface area contributed by atoms with Crippen molar-refractivity contribution < 1.29 is 14.3 Å². The summed E-state index contributed by atoms with van der Waals surface area (Å²) in [6.45, 7) is 3.35. The summed E-state index contributed by atoms with van der Waals surface area (Å²) >= 11 is 7.86. The predicted molar refractivity (Wildman–Crippen MR) is 120 cm³/mol. The Labute approximate surface area is 186 Å². The van der Waals surface area contributed by atoms with E-state index in [-0.39, 0.29) is 17.8 Å². The molecule has 0 bridgehead atoms. The fraction of sp³-hybridized carbons (Fsp3) is 0.522. The zero-order chi connectivity index (χ0) is 21.1. The number of hydrogen-bond donors (Lipinski definition) is 0. The standard InChI is InChI=1S/C23H27ClN2O3S/c1-2-29-23(28)15-6-5-11-26(13-15)21(27)14-30-22-17-7-3-4-8-19(17)25-20-10-9-16(24)12-18(20)22/h9-10,12,15H,2-8,11,13-14H2,1H3. The van der Waals surface area contributed by atoms with Crippen LogP contribution in [0.3, 0.4) is 0 Å². The number of fused-ring (bicyclic) bond motifs is 2. The largest absolute Gasteiger partial charge is 0.466 e. The second-order valence-electron chi connectivity index (χ2n) is 7.95. The SMILES string of the molecule is CCOC(=O)C1CCCN(C(=O)CSc2c3c(nc4ccc(Cl)cc24)CCCC3)C1. The first-order chi connectivity index (χ1) is 14.6.